The van der Waals surface area contributed by atoms with Gasteiger partial charge in [0.1, 0.15) is 5.82 Å². The van der Waals surface area contributed by atoms with Gasteiger partial charge in [0.15, 0.2) is 0 Å². The summed E-state index contributed by atoms with van der Waals surface area (Å²) in [5.74, 6) is 1.24. The highest BCUT2D eigenvalue weighted by Gasteiger charge is 2.00. The van der Waals surface area contributed by atoms with Gasteiger partial charge in [-0.2, -0.15) is 0 Å². The van der Waals surface area contributed by atoms with E-state index in [1.54, 1.807) is 7.11 Å². The zero-order chi connectivity index (χ0) is 9.68. The smallest absolute Gasteiger partial charge is 0.131 e. The van der Waals surface area contributed by atoms with Crippen LogP contribution in [-0.4, -0.2) is 23.7 Å². The number of aromatic nitrogens is 2. The highest BCUT2D eigenvalue weighted by molar-refractivity contribution is 6.16. The summed E-state index contributed by atoms with van der Waals surface area (Å²) in [5.41, 5.74) is 1.83. The van der Waals surface area contributed by atoms with E-state index < -0.39 is 0 Å². The highest BCUT2D eigenvalue weighted by atomic mass is 35.5. The summed E-state index contributed by atoms with van der Waals surface area (Å²) in [6.45, 7) is 2.58. The van der Waals surface area contributed by atoms with Crippen molar-refractivity contribution in [3.05, 3.63) is 23.3 Å². The fraction of sp³-hybridized carbons (Fsp3) is 0.556. The van der Waals surface area contributed by atoms with E-state index in [-0.39, 0.29) is 0 Å². The Morgan fingerprint density at radius 2 is 2.23 bits per heavy atom. The van der Waals surface area contributed by atoms with Crippen LogP contribution in [0.15, 0.2) is 6.07 Å². The maximum Gasteiger partial charge on any atom is 0.131 e. The van der Waals surface area contributed by atoms with Gasteiger partial charge in [-0.3, -0.25) is 0 Å². The number of halogens is 1. The zero-order valence-corrected chi connectivity index (χ0v) is 8.64. The number of alkyl halides is 1. The maximum absolute atomic E-state index is 5.68. The molecule has 0 amide bonds. The van der Waals surface area contributed by atoms with Gasteiger partial charge in [0.05, 0.1) is 18.2 Å². The molecule has 0 bridgehead atoms. The number of hydrogen-bond acceptors (Lipinski definition) is 3. The van der Waals surface area contributed by atoms with Gasteiger partial charge in [0.2, 0.25) is 0 Å². The summed E-state index contributed by atoms with van der Waals surface area (Å²) >= 11 is 5.68. The van der Waals surface area contributed by atoms with Gasteiger partial charge in [-0.25, -0.2) is 9.97 Å². The third kappa shape index (κ3) is 3.28. The molecule has 0 aromatic carbocycles. The average Bonchev–Trinajstić information content (AvgIpc) is 2.14. The molecule has 0 spiro atoms. The fourth-order valence-corrected chi connectivity index (χ4v) is 1.21. The second-order valence-corrected chi connectivity index (χ2v) is 3.06. The summed E-state index contributed by atoms with van der Waals surface area (Å²) < 4.78 is 4.95. The second-order valence-electron chi connectivity index (χ2n) is 2.79. The normalized spacial score (nSPS) is 10.4. The molecule has 0 saturated carbocycles. The molecular weight excluding hydrogens is 188 g/mol. The van der Waals surface area contributed by atoms with Crippen LogP contribution in [0.3, 0.4) is 0 Å². The van der Waals surface area contributed by atoms with Gasteiger partial charge >= 0.3 is 0 Å². The molecule has 0 fully saturated rings. The Morgan fingerprint density at radius 1 is 1.46 bits per heavy atom. The largest absolute Gasteiger partial charge is 0.384 e. The summed E-state index contributed by atoms with van der Waals surface area (Å²) in [6, 6.07) is 1.89. The summed E-state index contributed by atoms with van der Waals surface area (Å²) in [5, 5.41) is 0. The quantitative estimate of drug-likeness (QED) is 0.695. The van der Waals surface area contributed by atoms with E-state index in [9.17, 15) is 0 Å². The molecule has 0 aliphatic rings. The molecule has 1 rings (SSSR count). The Hall–Kier alpha value is -0.670. The number of rotatable bonds is 4. The lowest BCUT2D eigenvalue weighted by atomic mass is 10.3. The average molecular weight is 201 g/mol. The number of ether oxygens (including phenoxy) is 1. The van der Waals surface area contributed by atoms with Crippen molar-refractivity contribution in [2.45, 2.75) is 19.2 Å². The van der Waals surface area contributed by atoms with E-state index in [1.165, 1.54) is 0 Å². The highest BCUT2D eigenvalue weighted by Crippen LogP contribution is 2.04. The lowest BCUT2D eigenvalue weighted by molar-refractivity contribution is 0.200. The molecule has 1 heterocycles. The number of methoxy groups -OCH3 is 1. The molecule has 1 aromatic heterocycles. The van der Waals surface area contributed by atoms with Crippen LogP contribution in [0.4, 0.5) is 0 Å². The summed E-state index contributed by atoms with van der Waals surface area (Å²) in [7, 11) is 1.66. The van der Waals surface area contributed by atoms with Crippen LogP contribution in [0.1, 0.15) is 17.2 Å². The van der Waals surface area contributed by atoms with Crippen molar-refractivity contribution < 1.29 is 4.74 Å². The predicted molar refractivity (Wildman–Crippen MR) is 51.9 cm³/mol. The molecule has 0 aliphatic heterocycles. The van der Waals surface area contributed by atoms with Crippen molar-refractivity contribution in [1.82, 2.24) is 9.97 Å². The van der Waals surface area contributed by atoms with E-state index in [0.717, 1.165) is 23.6 Å². The van der Waals surface area contributed by atoms with Gasteiger partial charge in [-0.15, -0.1) is 11.6 Å². The molecule has 1 aromatic rings. The minimum atomic E-state index is 0.434. The third-order valence-corrected chi connectivity index (χ3v) is 1.89. The van der Waals surface area contributed by atoms with Gasteiger partial charge in [-0.05, 0) is 13.0 Å². The first kappa shape index (κ1) is 10.4. The topological polar surface area (TPSA) is 35.0 Å². The van der Waals surface area contributed by atoms with Crippen molar-refractivity contribution in [3.63, 3.8) is 0 Å². The summed E-state index contributed by atoms with van der Waals surface area (Å²) in [4.78, 5) is 8.54. The van der Waals surface area contributed by atoms with Crippen LogP contribution in [-0.2, 0) is 17.0 Å². The minimum absolute atomic E-state index is 0.434. The molecule has 0 saturated heterocycles. The SMILES string of the molecule is COCCc1nc(C)cc(CCl)n1. The van der Waals surface area contributed by atoms with Crippen LogP contribution >= 0.6 is 11.6 Å². The molecule has 0 aliphatic carbocycles. The van der Waals surface area contributed by atoms with Crippen molar-refractivity contribution in [1.29, 1.82) is 0 Å². The first-order valence-electron chi connectivity index (χ1n) is 4.14. The lowest BCUT2D eigenvalue weighted by Gasteiger charge is -2.02. The first-order valence-corrected chi connectivity index (χ1v) is 4.68. The van der Waals surface area contributed by atoms with Crippen LogP contribution in [0.2, 0.25) is 0 Å². The van der Waals surface area contributed by atoms with E-state index in [4.69, 9.17) is 16.3 Å². The first-order chi connectivity index (χ1) is 6.26. The van der Waals surface area contributed by atoms with E-state index in [0.29, 0.717) is 12.5 Å². The van der Waals surface area contributed by atoms with Crippen LogP contribution in [0.25, 0.3) is 0 Å². The van der Waals surface area contributed by atoms with E-state index in [2.05, 4.69) is 9.97 Å². The Bertz CT molecular complexity index is 278. The number of nitrogens with zero attached hydrogens (tertiary/aromatic N) is 2. The lowest BCUT2D eigenvalue weighted by Crippen LogP contribution is -2.04. The molecule has 4 heteroatoms. The standard InChI is InChI=1S/C9H13ClN2O/c1-7-5-8(6-10)12-9(11-7)3-4-13-2/h5H,3-4,6H2,1-2H3. The Balaban J connectivity index is 2.76. The molecule has 13 heavy (non-hydrogen) atoms. The van der Waals surface area contributed by atoms with Crippen LogP contribution < -0.4 is 0 Å². The Morgan fingerprint density at radius 3 is 2.85 bits per heavy atom. The van der Waals surface area contributed by atoms with Crippen molar-refractivity contribution in [2.24, 2.45) is 0 Å². The van der Waals surface area contributed by atoms with Crippen molar-refractivity contribution >= 4 is 11.6 Å². The van der Waals surface area contributed by atoms with Crippen LogP contribution in [0, 0.1) is 6.92 Å². The van der Waals surface area contributed by atoms with Crippen molar-refractivity contribution in [3.8, 4) is 0 Å². The minimum Gasteiger partial charge on any atom is -0.384 e. The molecular formula is C9H13ClN2O. The van der Waals surface area contributed by atoms with Crippen molar-refractivity contribution in [2.75, 3.05) is 13.7 Å². The molecule has 72 valence electrons. The maximum atomic E-state index is 5.68. The summed E-state index contributed by atoms with van der Waals surface area (Å²) in [6.07, 6.45) is 0.738. The van der Waals surface area contributed by atoms with E-state index in [1.807, 2.05) is 13.0 Å². The molecule has 0 atom stereocenters. The van der Waals surface area contributed by atoms with Gasteiger partial charge in [0.25, 0.3) is 0 Å². The number of hydrogen-bond donors (Lipinski definition) is 0. The Kier molecular flexibility index (Phi) is 4.12. The van der Waals surface area contributed by atoms with Crippen LogP contribution in [0.5, 0.6) is 0 Å². The molecule has 0 radical (unpaired) electrons. The molecule has 3 nitrogen and oxygen atoms in total. The number of aryl methyl sites for hydroxylation is 1. The second kappa shape index (κ2) is 5.14. The predicted octanol–water partition coefficient (Wildman–Crippen LogP) is 1.71. The zero-order valence-electron chi connectivity index (χ0n) is 7.88. The van der Waals surface area contributed by atoms with Gasteiger partial charge in [-0.1, -0.05) is 0 Å². The third-order valence-electron chi connectivity index (χ3n) is 1.62. The Labute approximate surface area is 83.1 Å². The molecule has 0 N–H and O–H groups in total. The molecule has 0 unspecified atom stereocenters. The van der Waals surface area contributed by atoms with E-state index >= 15 is 0 Å². The van der Waals surface area contributed by atoms with Gasteiger partial charge < -0.3 is 4.74 Å². The monoisotopic (exact) mass is 200 g/mol. The van der Waals surface area contributed by atoms with Gasteiger partial charge in [0, 0.05) is 19.2 Å². The fourth-order valence-electron chi connectivity index (χ4n) is 1.07.